The van der Waals surface area contributed by atoms with Gasteiger partial charge in [-0.05, 0) is 80.3 Å². The van der Waals surface area contributed by atoms with Gasteiger partial charge in [0.1, 0.15) is 11.6 Å². The van der Waals surface area contributed by atoms with Gasteiger partial charge in [0.15, 0.2) is 0 Å². The molecule has 0 saturated heterocycles. The second kappa shape index (κ2) is 11.1. The predicted octanol–water partition coefficient (Wildman–Crippen LogP) is 8.43. The number of nitrogens with one attached hydrogen (secondary N) is 1. The van der Waals surface area contributed by atoms with Gasteiger partial charge in [-0.25, -0.2) is 9.97 Å². The van der Waals surface area contributed by atoms with Gasteiger partial charge in [0, 0.05) is 28.9 Å². The molecule has 0 aliphatic heterocycles. The summed E-state index contributed by atoms with van der Waals surface area (Å²) in [4.78, 5) is 15.7. The molecule has 222 valence electrons. The highest BCUT2D eigenvalue weighted by atomic mass is 19.4. The standard InChI is InChI=1S/C32H27F6N5/c1-43(27-15-9-19-5-2-3-6-23(19)27)18-28-41-26-17-20(29-25(32(36,37)38)7-4-16-39-29)8-14-24(26)30(42-28)40-22-12-10-21(11-13-22)31(33,34)35/h2-8,10-14,16-17,19,23,27H,9,15,18H2,1H3,(H,40,41,42). The molecule has 43 heavy (non-hydrogen) atoms. The number of pyridine rings is 1. The van der Waals surface area contributed by atoms with Gasteiger partial charge in [0.2, 0.25) is 0 Å². The molecule has 5 nitrogen and oxygen atoms in total. The van der Waals surface area contributed by atoms with Crippen LogP contribution in [0.15, 0.2) is 85.1 Å². The highest BCUT2D eigenvalue weighted by molar-refractivity contribution is 5.93. The molecule has 6 rings (SSSR count). The normalized spacial score (nSPS) is 20.1. The summed E-state index contributed by atoms with van der Waals surface area (Å²) >= 11 is 0. The molecule has 2 aromatic carbocycles. The van der Waals surface area contributed by atoms with E-state index in [4.69, 9.17) is 9.97 Å². The van der Waals surface area contributed by atoms with Crippen LogP contribution in [-0.2, 0) is 18.9 Å². The highest BCUT2D eigenvalue weighted by Crippen LogP contribution is 2.40. The zero-order chi connectivity index (χ0) is 30.4. The minimum absolute atomic E-state index is 0.222. The smallest absolute Gasteiger partial charge is 0.340 e. The SMILES string of the molecule is CN(Cc1nc(Nc2ccc(C(F)(F)F)cc2)c2ccc(-c3ncccc3C(F)(F)F)cc2n1)C1CCC2C=CC=CC21. The maximum Gasteiger partial charge on any atom is 0.418 e. The molecule has 11 heteroatoms. The van der Waals surface area contributed by atoms with Gasteiger partial charge >= 0.3 is 12.4 Å². The quantitative estimate of drug-likeness (QED) is 0.227. The van der Waals surface area contributed by atoms with E-state index < -0.39 is 23.5 Å². The highest BCUT2D eigenvalue weighted by Gasteiger charge is 2.37. The van der Waals surface area contributed by atoms with Crippen molar-refractivity contribution in [3.05, 3.63) is 102 Å². The molecule has 3 atom stereocenters. The number of anilines is 2. The Morgan fingerprint density at radius 2 is 1.65 bits per heavy atom. The van der Waals surface area contributed by atoms with Crippen LogP contribution in [-0.4, -0.2) is 32.9 Å². The van der Waals surface area contributed by atoms with E-state index >= 15 is 0 Å². The van der Waals surface area contributed by atoms with Crippen LogP contribution < -0.4 is 5.32 Å². The molecule has 0 radical (unpaired) electrons. The molecule has 1 saturated carbocycles. The minimum atomic E-state index is -4.60. The van der Waals surface area contributed by atoms with Crippen molar-refractivity contribution in [1.82, 2.24) is 19.9 Å². The van der Waals surface area contributed by atoms with E-state index in [0.717, 1.165) is 31.0 Å². The fourth-order valence-corrected chi connectivity index (χ4v) is 6.02. The van der Waals surface area contributed by atoms with Gasteiger partial charge in [-0.1, -0.05) is 30.4 Å². The van der Waals surface area contributed by atoms with Crippen molar-refractivity contribution < 1.29 is 26.3 Å². The van der Waals surface area contributed by atoms with Gasteiger partial charge in [0.05, 0.1) is 28.9 Å². The fraction of sp³-hybridized carbons (Fsp3) is 0.281. The Kier molecular flexibility index (Phi) is 7.45. The van der Waals surface area contributed by atoms with Crippen LogP contribution in [0, 0.1) is 11.8 Å². The summed E-state index contributed by atoms with van der Waals surface area (Å²) in [6.07, 6.45) is 2.85. The van der Waals surface area contributed by atoms with Crippen LogP contribution in [0.4, 0.5) is 37.8 Å². The Hall–Kier alpha value is -4.25. The molecule has 4 aromatic rings. The maximum atomic E-state index is 13.8. The lowest BCUT2D eigenvalue weighted by Gasteiger charge is -2.30. The number of hydrogen-bond donors (Lipinski definition) is 1. The topological polar surface area (TPSA) is 53.9 Å². The van der Waals surface area contributed by atoms with Gasteiger partial charge < -0.3 is 5.32 Å². The van der Waals surface area contributed by atoms with Gasteiger partial charge in [-0.2, -0.15) is 26.3 Å². The van der Waals surface area contributed by atoms with Crippen molar-refractivity contribution >= 4 is 22.4 Å². The van der Waals surface area contributed by atoms with Crippen molar-refractivity contribution in [2.24, 2.45) is 11.8 Å². The second-order valence-electron chi connectivity index (χ2n) is 10.9. The van der Waals surface area contributed by atoms with Crippen LogP contribution in [0.3, 0.4) is 0 Å². The van der Waals surface area contributed by atoms with Crippen molar-refractivity contribution in [1.29, 1.82) is 0 Å². The average molecular weight is 596 g/mol. The monoisotopic (exact) mass is 595 g/mol. The summed E-state index contributed by atoms with van der Waals surface area (Å²) in [6.45, 7) is 0.366. The molecule has 2 aliphatic rings. The maximum absolute atomic E-state index is 13.8. The second-order valence-corrected chi connectivity index (χ2v) is 10.9. The number of fused-ring (bicyclic) bond motifs is 2. The first-order valence-corrected chi connectivity index (χ1v) is 13.8. The fourth-order valence-electron chi connectivity index (χ4n) is 6.02. The predicted molar refractivity (Wildman–Crippen MR) is 152 cm³/mol. The molecule has 2 heterocycles. The summed E-state index contributed by atoms with van der Waals surface area (Å²) in [5, 5.41) is 3.60. The first-order valence-electron chi connectivity index (χ1n) is 13.8. The first-order chi connectivity index (χ1) is 20.5. The largest absolute Gasteiger partial charge is 0.418 e. The molecule has 0 spiro atoms. The van der Waals surface area contributed by atoms with Crippen LogP contribution in [0.2, 0.25) is 0 Å². The number of hydrogen-bond acceptors (Lipinski definition) is 5. The molecule has 0 amide bonds. The summed E-state index contributed by atoms with van der Waals surface area (Å²) < 4.78 is 80.6. The van der Waals surface area contributed by atoms with Crippen molar-refractivity contribution in [3.63, 3.8) is 0 Å². The molecule has 3 unspecified atom stereocenters. The zero-order valence-electron chi connectivity index (χ0n) is 23.0. The third-order valence-electron chi connectivity index (χ3n) is 8.10. The Morgan fingerprint density at radius 1 is 0.884 bits per heavy atom. The molecule has 1 fully saturated rings. The molecular formula is C32H27F6N5. The summed E-state index contributed by atoms with van der Waals surface area (Å²) in [5.74, 6) is 1.59. The van der Waals surface area contributed by atoms with E-state index in [-0.39, 0.29) is 17.3 Å². The number of halogens is 6. The van der Waals surface area contributed by atoms with Gasteiger partial charge in [0.25, 0.3) is 0 Å². The number of alkyl halides is 6. The third-order valence-corrected chi connectivity index (χ3v) is 8.10. The Labute approximate surface area is 244 Å². The molecular weight excluding hydrogens is 568 g/mol. The number of rotatable bonds is 6. The summed E-state index contributed by atoms with van der Waals surface area (Å²) in [5.41, 5.74) is -0.879. The molecule has 2 aromatic heterocycles. The van der Waals surface area contributed by atoms with Crippen molar-refractivity contribution in [3.8, 4) is 11.3 Å². The summed E-state index contributed by atoms with van der Waals surface area (Å²) in [7, 11) is 2.00. The van der Waals surface area contributed by atoms with Crippen LogP contribution in [0.5, 0.6) is 0 Å². The lowest BCUT2D eigenvalue weighted by molar-refractivity contribution is -0.138. The Balaban J connectivity index is 1.39. The van der Waals surface area contributed by atoms with Gasteiger partial charge in [-0.3, -0.25) is 9.88 Å². The minimum Gasteiger partial charge on any atom is -0.340 e. The Bertz CT molecular complexity index is 1690. The zero-order valence-corrected chi connectivity index (χ0v) is 23.0. The molecule has 2 aliphatic carbocycles. The first kappa shape index (κ1) is 28.9. The van der Waals surface area contributed by atoms with Gasteiger partial charge in [-0.15, -0.1) is 0 Å². The number of allylic oxidation sites excluding steroid dienone is 3. The van der Waals surface area contributed by atoms with Crippen molar-refractivity contribution in [2.75, 3.05) is 12.4 Å². The molecule has 0 bridgehead atoms. The van der Waals surface area contributed by atoms with E-state index in [0.29, 0.717) is 46.6 Å². The third kappa shape index (κ3) is 5.99. The van der Waals surface area contributed by atoms with E-state index in [2.05, 4.69) is 39.5 Å². The van der Waals surface area contributed by atoms with Crippen molar-refractivity contribution in [2.45, 2.75) is 37.8 Å². The summed E-state index contributed by atoms with van der Waals surface area (Å²) in [6, 6.07) is 11.7. The van der Waals surface area contributed by atoms with E-state index in [1.54, 1.807) is 6.07 Å². The van der Waals surface area contributed by atoms with Crippen LogP contribution in [0.25, 0.3) is 22.2 Å². The number of nitrogens with zero attached hydrogens (tertiary/aromatic N) is 4. The number of aromatic nitrogens is 3. The van der Waals surface area contributed by atoms with E-state index in [9.17, 15) is 26.3 Å². The van der Waals surface area contributed by atoms with Crippen LogP contribution in [0.1, 0.15) is 29.8 Å². The number of benzene rings is 2. The van der Waals surface area contributed by atoms with E-state index in [1.165, 1.54) is 36.5 Å². The molecule has 1 N–H and O–H groups in total. The Morgan fingerprint density at radius 3 is 2.40 bits per heavy atom. The van der Waals surface area contributed by atoms with Crippen LogP contribution >= 0.6 is 0 Å². The lowest BCUT2D eigenvalue weighted by atomic mass is 9.89. The lowest BCUT2D eigenvalue weighted by Crippen LogP contribution is -2.35. The van der Waals surface area contributed by atoms with E-state index in [1.807, 2.05) is 7.05 Å². The average Bonchev–Trinajstić information content (AvgIpc) is 3.41.